The predicted octanol–water partition coefficient (Wildman–Crippen LogP) is 3.69. The highest BCUT2D eigenvalue weighted by atomic mass is 16.5. The average Bonchev–Trinajstić information content (AvgIpc) is 2.77. The molecule has 0 radical (unpaired) electrons. The summed E-state index contributed by atoms with van der Waals surface area (Å²) in [5.41, 5.74) is 1.47. The Bertz CT molecular complexity index is 776. The first-order chi connectivity index (χ1) is 14.5. The number of hydrogen-bond donors (Lipinski definition) is 2. The van der Waals surface area contributed by atoms with E-state index in [0.29, 0.717) is 50.3 Å². The zero-order valence-corrected chi connectivity index (χ0v) is 17.7. The number of hydrogen-bond acceptors (Lipinski definition) is 6. The van der Waals surface area contributed by atoms with Crippen molar-refractivity contribution in [3.8, 4) is 5.75 Å². The summed E-state index contributed by atoms with van der Waals surface area (Å²) in [6.45, 7) is 4.96. The third kappa shape index (κ3) is 7.97. The number of carbonyl (C=O) groups is 2. The Labute approximate surface area is 178 Å². The Morgan fingerprint density at radius 1 is 1.03 bits per heavy atom. The van der Waals surface area contributed by atoms with Crippen molar-refractivity contribution in [2.24, 2.45) is 0 Å². The fourth-order valence-corrected chi connectivity index (χ4v) is 2.98. The predicted molar refractivity (Wildman–Crippen MR) is 116 cm³/mol. The molecule has 0 fully saturated rings. The maximum Gasteiger partial charge on any atom is 0.305 e. The molecule has 0 aliphatic heterocycles. The first kappa shape index (κ1) is 23.6. The summed E-state index contributed by atoms with van der Waals surface area (Å²) in [7, 11) is 0. The normalized spacial score (nSPS) is 12.8. The summed E-state index contributed by atoms with van der Waals surface area (Å²) in [6, 6.07) is 16.3. The van der Waals surface area contributed by atoms with Crippen molar-refractivity contribution >= 4 is 11.8 Å². The van der Waals surface area contributed by atoms with E-state index in [4.69, 9.17) is 9.47 Å². The van der Waals surface area contributed by atoms with Crippen LogP contribution in [-0.2, 0) is 9.53 Å². The van der Waals surface area contributed by atoms with Gasteiger partial charge in [-0.25, -0.2) is 0 Å². The van der Waals surface area contributed by atoms with Crippen molar-refractivity contribution in [2.45, 2.75) is 45.3 Å². The third-order valence-corrected chi connectivity index (χ3v) is 4.71. The summed E-state index contributed by atoms with van der Waals surface area (Å²) in [5.74, 6) is 0.465. The van der Waals surface area contributed by atoms with Crippen LogP contribution in [0.15, 0.2) is 54.6 Å². The van der Waals surface area contributed by atoms with E-state index in [1.807, 2.05) is 37.3 Å². The van der Waals surface area contributed by atoms with Gasteiger partial charge < -0.3 is 19.9 Å². The molecule has 0 heterocycles. The highest BCUT2D eigenvalue weighted by Gasteiger charge is 2.16. The van der Waals surface area contributed by atoms with Crippen molar-refractivity contribution in [3.05, 3.63) is 65.7 Å². The molecule has 0 saturated heterocycles. The van der Waals surface area contributed by atoms with E-state index in [1.54, 1.807) is 31.2 Å². The molecule has 0 bridgehead atoms. The molecule has 162 valence electrons. The Morgan fingerprint density at radius 3 is 2.40 bits per heavy atom. The average molecular weight is 414 g/mol. The molecule has 2 N–H and O–H groups in total. The standard InChI is InChI=1S/C24H31NO5/c1-3-29-23(27)10-7-17-30-21-13-11-19(12-14-21)22(26)15-16-25-18(2)24(28)20-8-5-4-6-9-20/h4-6,8-9,11-14,18,24-25,28H,3,7,10,15-17H2,1-2H3. The van der Waals surface area contributed by atoms with Gasteiger partial charge in [-0.15, -0.1) is 0 Å². The van der Waals surface area contributed by atoms with Crippen LogP contribution in [0, 0.1) is 0 Å². The quantitative estimate of drug-likeness (QED) is 0.296. The second kappa shape index (κ2) is 12.8. The molecule has 0 amide bonds. The molecule has 2 aromatic rings. The van der Waals surface area contributed by atoms with E-state index in [2.05, 4.69) is 5.32 Å². The highest BCUT2D eigenvalue weighted by molar-refractivity contribution is 5.96. The van der Waals surface area contributed by atoms with E-state index in [-0.39, 0.29) is 17.8 Å². The molecule has 2 aromatic carbocycles. The zero-order valence-electron chi connectivity index (χ0n) is 17.7. The van der Waals surface area contributed by atoms with Crippen molar-refractivity contribution in [1.29, 1.82) is 0 Å². The number of rotatable bonds is 13. The van der Waals surface area contributed by atoms with Crippen molar-refractivity contribution in [1.82, 2.24) is 5.32 Å². The maximum atomic E-state index is 12.4. The minimum atomic E-state index is -0.624. The van der Waals surface area contributed by atoms with E-state index < -0.39 is 6.10 Å². The number of esters is 1. The van der Waals surface area contributed by atoms with Gasteiger partial charge in [-0.2, -0.15) is 0 Å². The lowest BCUT2D eigenvalue weighted by Crippen LogP contribution is -2.33. The molecule has 2 unspecified atom stereocenters. The number of aliphatic hydroxyl groups is 1. The fourth-order valence-electron chi connectivity index (χ4n) is 2.98. The topological polar surface area (TPSA) is 84.9 Å². The van der Waals surface area contributed by atoms with Crippen LogP contribution >= 0.6 is 0 Å². The minimum absolute atomic E-state index is 0.0257. The van der Waals surface area contributed by atoms with Crippen LogP contribution in [0.3, 0.4) is 0 Å². The first-order valence-corrected chi connectivity index (χ1v) is 10.4. The van der Waals surface area contributed by atoms with Crippen LogP contribution in [0.2, 0.25) is 0 Å². The summed E-state index contributed by atoms with van der Waals surface area (Å²) in [5, 5.41) is 13.6. The summed E-state index contributed by atoms with van der Waals surface area (Å²) < 4.78 is 10.5. The second-order valence-corrected chi connectivity index (χ2v) is 7.05. The third-order valence-electron chi connectivity index (χ3n) is 4.71. The molecular formula is C24H31NO5. The number of Topliss-reactive ketones (excluding diaryl/α,β-unsaturated/α-hetero) is 1. The summed E-state index contributed by atoms with van der Waals surface area (Å²) in [6.07, 6.45) is 0.625. The van der Waals surface area contributed by atoms with Crippen molar-refractivity contribution in [3.63, 3.8) is 0 Å². The molecule has 6 heteroatoms. The number of ketones is 1. The molecule has 2 atom stereocenters. The minimum Gasteiger partial charge on any atom is -0.494 e. The smallest absolute Gasteiger partial charge is 0.305 e. The molecule has 0 saturated carbocycles. The van der Waals surface area contributed by atoms with Gasteiger partial charge >= 0.3 is 5.97 Å². The van der Waals surface area contributed by atoms with Crippen LogP contribution in [0.4, 0.5) is 0 Å². The van der Waals surface area contributed by atoms with Gasteiger partial charge in [-0.3, -0.25) is 9.59 Å². The monoisotopic (exact) mass is 413 g/mol. The number of ether oxygens (including phenoxy) is 2. The van der Waals surface area contributed by atoms with E-state index in [1.165, 1.54) is 0 Å². The molecule has 2 rings (SSSR count). The first-order valence-electron chi connectivity index (χ1n) is 10.4. The van der Waals surface area contributed by atoms with Gasteiger partial charge in [0, 0.05) is 31.0 Å². The Hall–Kier alpha value is -2.70. The fraction of sp³-hybridized carbons (Fsp3) is 0.417. The van der Waals surface area contributed by atoms with Gasteiger partial charge in [0.1, 0.15) is 5.75 Å². The zero-order chi connectivity index (χ0) is 21.8. The number of benzene rings is 2. The lowest BCUT2D eigenvalue weighted by molar-refractivity contribution is -0.143. The molecule has 6 nitrogen and oxygen atoms in total. The summed E-state index contributed by atoms with van der Waals surface area (Å²) in [4.78, 5) is 23.7. The van der Waals surface area contributed by atoms with Crippen LogP contribution in [0.5, 0.6) is 5.75 Å². The number of carbonyl (C=O) groups excluding carboxylic acids is 2. The van der Waals surface area contributed by atoms with Crippen LogP contribution in [-0.4, -0.2) is 42.7 Å². The lowest BCUT2D eigenvalue weighted by Gasteiger charge is -2.20. The largest absolute Gasteiger partial charge is 0.494 e. The van der Waals surface area contributed by atoms with Crippen LogP contribution in [0.25, 0.3) is 0 Å². The van der Waals surface area contributed by atoms with Gasteiger partial charge in [0.05, 0.1) is 19.3 Å². The van der Waals surface area contributed by atoms with Crippen molar-refractivity contribution < 1.29 is 24.2 Å². The SMILES string of the molecule is CCOC(=O)CCCOc1ccc(C(=O)CCNC(C)C(O)c2ccccc2)cc1. The van der Waals surface area contributed by atoms with Gasteiger partial charge in [-0.05, 0) is 50.1 Å². The molecule has 0 spiro atoms. The van der Waals surface area contributed by atoms with Gasteiger partial charge in [0.2, 0.25) is 0 Å². The molecular weight excluding hydrogens is 382 g/mol. The molecule has 0 aliphatic carbocycles. The van der Waals surface area contributed by atoms with E-state index in [9.17, 15) is 14.7 Å². The second-order valence-electron chi connectivity index (χ2n) is 7.05. The molecule has 0 aromatic heterocycles. The van der Waals surface area contributed by atoms with E-state index >= 15 is 0 Å². The van der Waals surface area contributed by atoms with Crippen molar-refractivity contribution in [2.75, 3.05) is 19.8 Å². The molecule has 0 aliphatic rings. The van der Waals surface area contributed by atoms with Gasteiger partial charge in [0.25, 0.3) is 0 Å². The van der Waals surface area contributed by atoms with Gasteiger partial charge in [0.15, 0.2) is 5.78 Å². The van der Waals surface area contributed by atoms with E-state index in [0.717, 1.165) is 5.56 Å². The summed E-state index contributed by atoms with van der Waals surface area (Å²) >= 11 is 0. The van der Waals surface area contributed by atoms with Crippen LogP contribution in [0.1, 0.15) is 55.1 Å². The maximum absolute atomic E-state index is 12.4. The lowest BCUT2D eigenvalue weighted by atomic mass is 10.0. The Morgan fingerprint density at radius 2 is 1.73 bits per heavy atom. The highest BCUT2D eigenvalue weighted by Crippen LogP contribution is 2.17. The number of nitrogens with one attached hydrogen (secondary N) is 1. The van der Waals surface area contributed by atoms with Gasteiger partial charge in [-0.1, -0.05) is 30.3 Å². The Balaban J connectivity index is 1.69. The number of aliphatic hydroxyl groups excluding tert-OH is 1. The molecule has 30 heavy (non-hydrogen) atoms. The Kier molecular flexibility index (Phi) is 10.0. The van der Waals surface area contributed by atoms with Crippen LogP contribution < -0.4 is 10.1 Å².